The molecule has 0 radical (unpaired) electrons. The Morgan fingerprint density at radius 1 is 0.655 bits per heavy atom. The van der Waals surface area contributed by atoms with E-state index in [9.17, 15) is 48.0 Å². The molecular formula is C35H29Cl2F6N5O5S2. The number of aldehydes is 1. The molecule has 2 aromatic carbocycles. The third-order valence-corrected chi connectivity index (χ3v) is 10.9. The van der Waals surface area contributed by atoms with Gasteiger partial charge in [-0.3, -0.25) is 14.8 Å². The smallest absolute Gasteiger partial charge is 0.316 e. The van der Waals surface area contributed by atoms with E-state index in [2.05, 4.69) is 15.3 Å². The molecule has 0 atom stereocenters. The van der Waals surface area contributed by atoms with E-state index in [0.717, 1.165) is 46.8 Å². The Morgan fingerprint density at radius 3 is 1.49 bits per heavy atom. The maximum absolute atomic E-state index is 13.5. The van der Waals surface area contributed by atoms with Crippen molar-refractivity contribution in [3.8, 4) is 22.5 Å². The Labute approximate surface area is 323 Å². The van der Waals surface area contributed by atoms with Crippen LogP contribution in [0.25, 0.3) is 22.5 Å². The average molecular weight is 849 g/mol. The van der Waals surface area contributed by atoms with Gasteiger partial charge in [-0.25, -0.2) is 24.8 Å². The number of nitrogens with one attached hydrogen (secondary N) is 1. The van der Waals surface area contributed by atoms with Crippen LogP contribution in [0.3, 0.4) is 0 Å². The zero-order valence-corrected chi connectivity index (χ0v) is 31.3. The topological polar surface area (TPSA) is 133 Å². The van der Waals surface area contributed by atoms with Crippen molar-refractivity contribution >= 4 is 51.1 Å². The Morgan fingerprint density at radius 2 is 1.09 bits per heavy atom. The fourth-order valence-corrected chi connectivity index (χ4v) is 7.95. The van der Waals surface area contributed by atoms with Crippen LogP contribution < -0.4 is 5.32 Å². The lowest BCUT2D eigenvalue weighted by Crippen LogP contribution is -2.15. The van der Waals surface area contributed by atoms with Crippen molar-refractivity contribution in [3.63, 3.8) is 0 Å². The van der Waals surface area contributed by atoms with Crippen LogP contribution in [-0.4, -0.2) is 48.1 Å². The summed E-state index contributed by atoms with van der Waals surface area (Å²) in [5.74, 6) is 0. The molecule has 292 valence electrons. The monoisotopic (exact) mass is 847 g/mol. The molecule has 0 spiro atoms. The van der Waals surface area contributed by atoms with Crippen LogP contribution >= 0.6 is 24.8 Å². The molecule has 4 aromatic heterocycles. The van der Waals surface area contributed by atoms with Gasteiger partial charge in [0.05, 0.1) is 22.5 Å². The fourth-order valence-electron chi connectivity index (χ4n) is 5.25. The lowest BCUT2D eigenvalue weighted by molar-refractivity contribution is -0.137. The summed E-state index contributed by atoms with van der Waals surface area (Å²) in [6, 6.07) is 17.5. The van der Waals surface area contributed by atoms with Crippen LogP contribution in [0.5, 0.6) is 0 Å². The summed E-state index contributed by atoms with van der Waals surface area (Å²) < 4.78 is 134. The molecule has 0 saturated heterocycles. The summed E-state index contributed by atoms with van der Waals surface area (Å²) in [6.45, 7) is 0.302. The number of carbonyl (C=O) groups excluding carboxylic acids is 1. The van der Waals surface area contributed by atoms with Gasteiger partial charge in [-0.05, 0) is 61.1 Å². The van der Waals surface area contributed by atoms with Gasteiger partial charge in [0.25, 0.3) is 20.0 Å². The molecule has 0 unspecified atom stereocenters. The Hall–Kier alpha value is -5.01. The lowest BCUT2D eigenvalue weighted by atomic mass is 10.0. The van der Waals surface area contributed by atoms with Crippen LogP contribution in [0.15, 0.2) is 132 Å². The van der Waals surface area contributed by atoms with Crippen molar-refractivity contribution in [2.75, 3.05) is 7.05 Å². The number of nitrogens with zero attached hydrogens (tertiary/aromatic N) is 4. The molecule has 0 aliphatic carbocycles. The second-order valence-electron chi connectivity index (χ2n) is 11.1. The van der Waals surface area contributed by atoms with Crippen LogP contribution in [-0.2, 0) is 38.9 Å². The van der Waals surface area contributed by atoms with E-state index < -0.39 is 43.5 Å². The minimum absolute atomic E-state index is 0. The van der Waals surface area contributed by atoms with Crippen molar-refractivity contribution in [1.29, 1.82) is 0 Å². The number of rotatable bonds is 9. The van der Waals surface area contributed by atoms with E-state index in [1.165, 1.54) is 79.3 Å². The number of alkyl halides is 6. The van der Waals surface area contributed by atoms with Crippen LogP contribution in [0.4, 0.5) is 26.3 Å². The first-order valence-corrected chi connectivity index (χ1v) is 18.1. The second kappa shape index (κ2) is 17.6. The summed E-state index contributed by atoms with van der Waals surface area (Å²) in [7, 11) is -6.70. The Kier molecular flexibility index (Phi) is 14.2. The summed E-state index contributed by atoms with van der Waals surface area (Å²) in [5, 5.41) is 2.87. The predicted octanol–water partition coefficient (Wildman–Crippen LogP) is 7.99. The minimum atomic E-state index is -4.69. The summed E-state index contributed by atoms with van der Waals surface area (Å²) in [5.41, 5.74) is -2.30. The van der Waals surface area contributed by atoms with Crippen molar-refractivity contribution in [2.45, 2.75) is 28.7 Å². The first-order valence-electron chi connectivity index (χ1n) is 15.2. The van der Waals surface area contributed by atoms with Crippen molar-refractivity contribution < 1.29 is 48.0 Å². The van der Waals surface area contributed by atoms with Crippen molar-refractivity contribution in [3.05, 3.63) is 144 Å². The normalized spacial score (nSPS) is 11.8. The molecule has 0 fully saturated rings. The SMILES string of the molecule is CNCc1cc(-c2ccccc2C(F)(F)F)n(S(=O)(=O)c2cccnc2)c1.Cl.Cl.O=Cc1cc(-c2ccccc2C(F)(F)F)n(S(=O)(=O)c2cccnc2)c1. The standard InChI is InChI=1S/C18H16F3N3O2S.C17H11F3N2O3S.2ClH/c1-22-10-13-9-17(15-6-2-3-7-16(15)18(19,20)21)24(12-13)27(25,26)14-5-4-8-23-11-14;18-17(19,20)15-6-2-1-5-14(15)16-8-12(11-23)10-22(16)26(24,25)13-4-3-7-21-9-13;;/h2-9,11-12,22H,10H2,1H3;1-11H;2*1H. The summed E-state index contributed by atoms with van der Waals surface area (Å²) in [6.07, 6.45) is -1.61. The first-order chi connectivity index (χ1) is 25.0. The van der Waals surface area contributed by atoms with Crippen molar-refractivity contribution in [1.82, 2.24) is 23.2 Å². The number of hydrogen-bond donors (Lipinski definition) is 1. The predicted molar refractivity (Wildman–Crippen MR) is 196 cm³/mol. The molecule has 1 N–H and O–H groups in total. The zero-order valence-electron chi connectivity index (χ0n) is 28.1. The summed E-state index contributed by atoms with van der Waals surface area (Å²) in [4.78, 5) is 18.3. The highest BCUT2D eigenvalue weighted by Gasteiger charge is 2.36. The number of halogens is 8. The molecule has 0 aliphatic heterocycles. The average Bonchev–Trinajstić information content (AvgIpc) is 3.78. The van der Waals surface area contributed by atoms with E-state index in [0.29, 0.717) is 22.4 Å². The second-order valence-corrected chi connectivity index (χ2v) is 14.7. The molecule has 0 amide bonds. The summed E-state index contributed by atoms with van der Waals surface area (Å²) >= 11 is 0. The molecule has 0 aliphatic rings. The van der Waals surface area contributed by atoms with Gasteiger partial charge in [0.2, 0.25) is 0 Å². The largest absolute Gasteiger partial charge is 0.417 e. The van der Waals surface area contributed by atoms with Gasteiger partial charge in [0.15, 0.2) is 6.29 Å². The molecule has 20 heteroatoms. The molecule has 6 aromatic rings. The van der Waals surface area contributed by atoms with Crippen LogP contribution in [0.1, 0.15) is 27.0 Å². The van der Waals surface area contributed by atoms with Gasteiger partial charge >= 0.3 is 12.4 Å². The Balaban J connectivity index is 0.000000285. The number of carbonyl (C=O) groups is 1. The van der Waals surface area contributed by atoms with Gasteiger partial charge in [-0.2, -0.15) is 26.3 Å². The number of pyridine rings is 2. The number of aromatic nitrogens is 4. The maximum Gasteiger partial charge on any atom is 0.417 e. The molecule has 55 heavy (non-hydrogen) atoms. The Bertz CT molecular complexity index is 2460. The van der Waals surface area contributed by atoms with E-state index >= 15 is 0 Å². The van der Waals surface area contributed by atoms with Gasteiger partial charge in [0, 0.05) is 60.4 Å². The van der Waals surface area contributed by atoms with Crippen LogP contribution in [0, 0.1) is 0 Å². The highest BCUT2D eigenvalue weighted by atomic mass is 35.5. The minimum Gasteiger partial charge on any atom is -0.316 e. The quantitative estimate of drug-likeness (QED) is 0.114. The molecule has 4 heterocycles. The molecular weight excluding hydrogens is 819 g/mol. The van der Waals surface area contributed by atoms with E-state index in [1.807, 2.05) is 0 Å². The van der Waals surface area contributed by atoms with E-state index in [4.69, 9.17) is 0 Å². The van der Waals surface area contributed by atoms with E-state index in [1.54, 1.807) is 7.05 Å². The fraction of sp³-hybridized carbons (Fsp3) is 0.114. The highest BCUT2D eigenvalue weighted by Crippen LogP contribution is 2.40. The molecule has 6 rings (SSSR count). The van der Waals surface area contributed by atoms with Crippen molar-refractivity contribution in [2.24, 2.45) is 0 Å². The third kappa shape index (κ3) is 9.63. The number of benzene rings is 2. The van der Waals surface area contributed by atoms with Gasteiger partial charge < -0.3 is 5.32 Å². The molecule has 10 nitrogen and oxygen atoms in total. The zero-order chi connectivity index (χ0) is 38.6. The first kappa shape index (κ1) is 44.4. The number of hydrogen-bond acceptors (Lipinski definition) is 8. The van der Waals surface area contributed by atoms with E-state index in [-0.39, 0.29) is 62.7 Å². The van der Waals surface area contributed by atoms with Gasteiger partial charge in [-0.15, -0.1) is 24.8 Å². The lowest BCUT2D eigenvalue weighted by Gasteiger charge is -2.15. The molecule has 0 bridgehead atoms. The van der Waals surface area contributed by atoms with Gasteiger partial charge in [-0.1, -0.05) is 36.4 Å². The third-order valence-electron chi connectivity index (χ3n) is 7.57. The highest BCUT2D eigenvalue weighted by molar-refractivity contribution is 7.90. The van der Waals surface area contributed by atoms with Gasteiger partial charge in [0.1, 0.15) is 9.79 Å². The van der Waals surface area contributed by atoms with Crippen LogP contribution in [0.2, 0.25) is 0 Å². The molecule has 0 saturated carbocycles. The maximum atomic E-state index is 13.5.